The highest BCUT2D eigenvalue weighted by Crippen LogP contribution is 2.13. The van der Waals surface area contributed by atoms with Crippen LogP contribution in [-0.4, -0.2) is 19.1 Å². The van der Waals surface area contributed by atoms with E-state index in [1.54, 1.807) is 4.90 Å². The maximum atomic E-state index is 11.3. The number of nitrogens with zero attached hydrogens (tertiary/aromatic N) is 1. The molecule has 16 heavy (non-hydrogen) atoms. The summed E-state index contributed by atoms with van der Waals surface area (Å²) in [4.78, 5) is 12.9. The van der Waals surface area contributed by atoms with Gasteiger partial charge < -0.3 is 11.5 Å². The highest BCUT2D eigenvalue weighted by molar-refractivity contribution is 5.90. The highest BCUT2D eigenvalue weighted by Gasteiger charge is 2.10. The van der Waals surface area contributed by atoms with Gasteiger partial charge in [-0.3, -0.25) is 4.90 Å². The minimum Gasteiger partial charge on any atom is -0.351 e. The number of anilines is 1. The first-order valence-electron chi connectivity index (χ1n) is 5.58. The average molecular weight is 221 g/mol. The lowest BCUT2D eigenvalue weighted by Gasteiger charge is -2.20. The van der Waals surface area contributed by atoms with Gasteiger partial charge in [-0.2, -0.15) is 0 Å². The van der Waals surface area contributed by atoms with Gasteiger partial charge in [0, 0.05) is 12.2 Å². The number of carbonyl (C=O) groups excluding carboxylic acids is 1. The molecule has 0 unspecified atom stereocenters. The fourth-order valence-corrected chi connectivity index (χ4v) is 1.57. The minimum atomic E-state index is -0.404. The van der Waals surface area contributed by atoms with Crippen molar-refractivity contribution in [1.82, 2.24) is 0 Å². The Morgan fingerprint density at radius 2 is 1.81 bits per heavy atom. The van der Waals surface area contributed by atoms with Gasteiger partial charge in [0.2, 0.25) is 0 Å². The van der Waals surface area contributed by atoms with Crippen LogP contribution in [0.25, 0.3) is 0 Å². The number of amides is 2. The van der Waals surface area contributed by atoms with Crippen LogP contribution in [0.3, 0.4) is 0 Å². The lowest BCUT2D eigenvalue weighted by Crippen LogP contribution is -2.36. The SMILES string of the molecule is NCCCCCN(C(N)=O)c1ccccc1. The molecule has 88 valence electrons. The molecule has 4 heteroatoms. The van der Waals surface area contributed by atoms with E-state index in [9.17, 15) is 4.79 Å². The predicted octanol–water partition coefficient (Wildman–Crippen LogP) is 1.70. The molecule has 0 radical (unpaired) electrons. The Balaban J connectivity index is 2.52. The van der Waals surface area contributed by atoms with Crippen molar-refractivity contribution in [3.8, 4) is 0 Å². The third-order valence-corrected chi connectivity index (χ3v) is 2.42. The van der Waals surface area contributed by atoms with Crippen molar-refractivity contribution < 1.29 is 4.79 Å². The van der Waals surface area contributed by atoms with Gasteiger partial charge in [-0.05, 0) is 31.5 Å². The second kappa shape index (κ2) is 6.85. The quantitative estimate of drug-likeness (QED) is 0.718. The van der Waals surface area contributed by atoms with Crippen molar-refractivity contribution in [2.75, 3.05) is 18.0 Å². The van der Waals surface area contributed by atoms with Crippen LogP contribution in [0.5, 0.6) is 0 Å². The summed E-state index contributed by atoms with van der Waals surface area (Å²) in [6.07, 6.45) is 2.93. The maximum absolute atomic E-state index is 11.3. The number of primary amides is 1. The number of benzene rings is 1. The third-order valence-electron chi connectivity index (χ3n) is 2.42. The van der Waals surface area contributed by atoms with Gasteiger partial charge in [-0.1, -0.05) is 24.6 Å². The molecule has 0 saturated carbocycles. The van der Waals surface area contributed by atoms with Crippen LogP contribution >= 0.6 is 0 Å². The second-order valence-electron chi connectivity index (χ2n) is 3.67. The third kappa shape index (κ3) is 3.90. The zero-order chi connectivity index (χ0) is 11.8. The van der Waals surface area contributed by atoms with Gasteiger partial charge in [0.25, 0.3) is 0 Å². The summed E-state index contributed by atoms with van der Waals surface area (Å²) in [7, 11) is 0. The summed E-state index contributed by atoms with van der Waals surface area (Å²) in [6.45, 7) is 1.35. The molecule has 0 heterocycles. The van der Waals surface area contributed by atoms with E-state index >= 15 is 0 Å². The number of carbonyl (C=O) groups is 1. The summed E-state index contributed by atoms with van der Waals surface area (Å²) in [5.74, 6) is 0. The molecule has 0 bridgehead atoms. The number of nitrogens with two attached hydrogens (primary N) is 2. The van der Waals surface area contributed by atoms with Gasteiger partial charge in [0.05, 0.1) is 0 Å². The molecule has 4 nitrogen and oxygen atoms in total. The normalized spacial score (nSPS) is 10.1. The number of para-hydroxylation sites is 1. The molecule has 0 spiro atoms. The predicted molar refractivity (Wildman–Crippen MR) is 66.3 cm³/mol. The molecule has 0 aromatic heterocycles. The second-order valence-corrected chi connectivity index (χ2v) is 3.67. The standard InChI is InChI=1S/C12H19N3O/c13-9-5-2-6-10-15(12(14)16)11-7-3-1-4-8-11/h1,3-4,7-8H,2,5-6,9-10,13H2,(H2,14,16). The molecule has 2 amide bonds. The molecule has 0 atom stereocenters. The van der Waals surface area contributed by atoms with Gasteiger partial charge in [0.1, 0.15) is 0 Å². The summed E-state index contributed by atoms with van der Waals surface area (Å²) in [5.41, 5.74) is 11.6. The summed E-state index contributed by atoms with van der Waals surface area (Å²) in [6, 6.07) is 9.06. The van der Waals surface area contributed by atoms with Crippen molar-refractivity contribution in [1.29, 1.82) is 0 Å². The lowest BCUT2D eigenvalue weighted by molar-refractivity contribution is 0.253. The Bertz CT molecular complexity index is 313. The van der Waals surface area contributed by atoms with Crippen LogP contribution in [0.1, 0.15) is 19.3 Å². The van der Waals surface area contributed by atoms with Crippen molar-refractivity contribution in [3.05, 3.63) is 30.3 Å². The van der Waals surface area contributed by atoms with Gasteiger partial charge in [0.15, 0.2) is 0 Å². The van der Waals surface area contributed by atoms with Gasteiger partial charge >= 0.3 is 6.03 Å². The summed E-state index contributed by atoms with van der Waals surface area (Å²) < 4.78 is 0. The number of unbranched alkanes of at least 4 members (excludes halogenated alkanes) is 2. The van der Waals surface area contributed by atoms with Gasteiger partial charge in [-0.15, -0.1) is 0 Å². The molecular weight excluding hydrogens is 202 g/mol. The maximum Gasteiger partial charge on any atom is 0.319 e. The Hall–Kier alpha value is -1.55. The lowest BCUT2D eigenvalue weighted by atomic mass is 10.2. The Morgan fingerprint density at radius 1 is 1.12 bits per heavy atom. The molecule has 1 aromatic rings. The van der Waals surface area contributed by atoms with Crippen LogP contribution in [0.15, 0.2) is 30.3 Å². The summed E-state index contributed by atoms with van der Waals surface area (Å²) in [5, 5.41) is 0. The van der Waals surface area contributed by atoms with Gasteiger partial charge in [-0.25, -0.2) is 4.79 Å². The molecule has 0 aliphatic rings. The van der Waals surface area contributed by atoms with E-state index in [1.807, 2.05) is 30.3 Å². The number of urea groups is 1. The van der Waals surface area contributed by atoms with Crippen LogP contribution in [-0.2, 0) is 0 Å². The first kappa shape index (κ1) is 12.5. The van der Waals surface area contributed by atoms with Crippen molar-refractivity contribution in [2.45, 2.75) is 19.3 Å². The molecule has 0 fully saturated rings. The molecule has 0 aliphatic carbocycles. The number of hydrogen-bond acceptors (Lipinski definition) is 2. The fourth-order valence-electron chi connectivity index (χ4n) is 1.57. The Labute approximate surface area is 96.2 Å². The number of hydrogen-bond donors (Lipinski definition) is 2. The van der Waals surface area contributed by atoms with Crippen LogP contribution in [0.2, 0.25) is 0 Å². The Morgan fingerprint density at radius 3 is 2.38 bits per heavy atom. The molecule has 0 saturated heterocycles. The van der Waals surface area contributed by atoms with Crippen molar-refractivity contribution in [3.63, 3.8) is 0 Å². The van der Waals surface area contributed by atoms with Crippen LogP contribution in [0.4, 0.5) is 10.5 Å². The molecule has 1 rings (SSSR count). The Kier molecular flexibility index (Phi) is 5.36. The minimum absolute atomic E-state index is 0.404. The topological polar surface area (TPSA) is 72.3 Å². The average Bonchev–Trinajstić information content (AvgIpc) is 2.30. The fraction of sp³-hybridized carbons (Fsp3) is 0.417. The van der Waals surface area contributed by atoms with Crippen molar-refractivity contribution in [2.24, 2.45) is 11.5 Å². The largest absolute Gasteiger partial charge is 0.351 e. The molecule has 4 N–H and O–H groups in total. The molecular formula is C12H19N3O. The first-order valence-corrected chi connectivity index (χ1v) is 5.58. The zero-order valence-electron chi connectivity index (χ0n) is 9.43. The van der Waals surface area contributed by atoms with E-state index in [1.165, 1.54) is 0 Å². The van der Waals surface area contributed by atoms with Crippen LogP contribution < -0.4 is 16.4 Å². The van der Waals surface area contributed by atoms with E-state index in [2.05, 4.69) is 0 Å². The summed E-state index contributed by atoms with van der Waals surface area (Å²) >= 11 is 0. The van der Waals surface area contributed by atoms with E-state index in [4.69, 9.17) is 11.5 Å². The number of rotatable bonds is 6. The van der Waals surface area contributed by atoms with E-state index < -0.39 is 6.03 Å². The smallest absolute Gasteiger partial charge is 0.319 e. The van der Waals surface area contributed by atoms with E-state index in [0.29, 0.717) is 13.1 Å². The molecule has 1 aromatic carbocycles. The first-order chi connectivity index (χ1) is 7.75. The van der Waals surface area contributed by atoms with Crippen LogP contribution in [0, 0.1) is 0 Å². The zero-order valence-corrected chi connectivity index (χ0v) is 9.43. The van der Waals surface area contributed by atoms with Crippen molar-refractivity contribution >= 4 is 11.7 Å². The monoisotopic (exact) mass is 221 g/mol. The van der Waals surface area contributed by atoms with E-state index in [0.717, 1.165) is 24.9 Å². The highest BCUT2D eigenvalue weighted by atomic mass is 16.2. The molecule has 0 aliphatic heterocycles. The van der Waals surface area contributed by atoms with E-state index in [-0.39, 0.29) is 0 Å².